The fourth-order valence-corrected chi connectivity index (χ4v) is 10.4. The zero-order chi connectivity index (χ0) is 14.0. The molecule has 2 unspecified atom stereocenters. The lowest BCUT2D eigenvalue weighted by atomic mass is 9.76. The standard InChI is InChI=1S/C14H33OPSi2/c1-14(11-9-8-10-12-14)13(15-17(2,3)4)16-18(5,6)7/h13,16H,8-12H2,1-7H3. The summed E-state index contributed by atoms with van der Waals surface area (Å²) in [6, 6.07) is 0. The number of hydrogen-bond acceptors (Lipinski definition) is 1. The van der Waals surface area contributed by atoms with E-state index in [4.69, 9.17) is 4.43 Å². The molecule has 1 nitrogen and oxygen atoms in total. The van der Waals surface area contributed by atoms with E-state index in [2.05, 4.69) is 46.2 Å². The highest BCUT2D eigenvalue weighted by Crippen LogP contribution is 2.50. The van der Waals surface area contributed by atoms with Crippen molar-refractivity contribution in [3.05, 3.63) is 0 Å². The molecule has 4 heteroatoms. The minimum atomic E-state index is -1.42. The van der Waals surface area contributed by atoms with Crippen LogP contribution in [0.5, 0.6) is 0 Å². The predicted octanol–water partition coefficient (Wildman–Crippen LogP) is 5.65. The average molecular weight is 305 g/mol. The van der Waals surface area contributed by atoms with Gasteiger partial charge in [0.2, 0.25) is 0 Å². The molecule has 0 saturated heterocycles. The van der Waals surface area contributed by atoms with Crippen molar-refractivity contribution in [1.29, 1.82) is 0 Å². The van der Waals surface area contributed by atoms with E-state index < -0.39 is 16.1 Å². The summed E-state index contributed by atoms with van der Waals surface area (Å²) >= 11 is 0. The van der Waals surface area contributed by atoms with Crippen molar-refractivity contribution in [2.75, 3.05) is 0 Å². The molecule has 1 saturated carbocycles. The molecule has 0 heterocycles. The van der Waals surface area contributed by atoms with Crippen molar-refractivity contribution in [3.63, 3.8) is 0 Å². The predicted molar refractivity (Wildman–Crippen MR) is 91.1 cm³/mol. The monoisotopic (exact) mass is 304 g/mol. The summed E-state index contributed by atoms with van der Waals surface area (Å²) in [6.45, 7) is 17.0. The molecule has 0 aromatic heterocycles. The van der Waals surface area contributed by atoms with E-state index in [1.54, 1.807) is 0 Å². The molecule has 0 N–H and O–H groups in total. The van der Waals surface area contributed by atoms with Gasteiger partial charge in [0.05, 0.1) is 13.6 Å². The van der Waals surface area contributed by atoms with Crippen molar-refractivity contribution in [2.45, 2.75) is 84.2 Å². The molecular weight excluding hydrogens is 271 g/mol. The van der Waals surface area contributed by atoms with Gasteiger partial charge < -0.3 is 4.43 Å². The summed E-state index contributed by atoms with van der Waals surface area (Å²) in [6.07, 6.45) is 7.04. The van der Waals surface area contributed by atoms with Crippen molar-refractivity contribution in [1.82, 2.24) is 0 Å². The van der Waals surface area contributed by atoms with Crippen molar-refractivity contribution in [3.8, 4) is 0 Å². The maximum atomic E-state index is 6.64. The van der Waals surface area contributed by atoms with E-state index in [1.807, 2.05) is 0 Å². The van der Waals surface area contributed by atoms with Crippen LogP contribution in [-0.4, -0.2) is 21.9 Å². The second kappa shape index (κ2) is 6.07. The number of rotatable bonds is 5. The second-order valence-electron chi connectivity index (χ2n) is 8.22. The van der Waals surface area contributed by atoms with Gasteiger partial charge in [-0.05, 0) is 37.9 Å². The molecule has 0 radical (unpaired) electrons. The molecule has 108 valence electrons. The van der Waals surface area contributed by atoms with Crippen LogP contribution in [0.3, 0.4) is 0 Å². The third-order valence-corrected chi connectivity index (χ3v) is 10.2. The lowest BCUT2D eigenvalue weighted by molar-refractivity contribution is 0.0838. The minimum absolute atomic E-state index is 0.469. The summed E-state index contributed by atoms with van der Waals surface area (Å²) in [5.41, 5.74) is 0.469. The summed E-state index contributed by atoms with van der Waals surface area (Å²) in [5.74, 6) is 0.552. The molecule has 1 aliphatic carbocycles. The quantitative estimate of drug-likeness (QED) is 0.471. The molecule has 1 rings (SSSR count). The highest BCUT2D eigenvalue weighted by Gasteiger charge is 2.40. The Balaban J connectivity index is 2.81. The van der Waals surface area contributed by atoms with E-state index in [-0.39, 0.29) is 0 Å². The van der Waals surface area contributed by atoms with Crippen LogP contribution in [0.4, 0.5) is 0 Å². The SMILES string of the molecule is CC1(C(O[Si](C)(C)C)P[Si](C)(C)C)CCCCC1. The Hall–Kier alpha value is 0.824. The Kier molecular flexibility index (Phi) is 5.69. The third-order valence-electron chi connectivity index (χ3n) is 3.66. The fraction of sp³-hybridized carbons (Fsp3) is 1.00. The highest BCUT2D eigenvalue weighted by atomic mass is 31.3. The molecule has 0 aromatic rings. The van der Waals surface area contributed by atoms with E-state index in [0.29, 0.717) is 11.3 Å². The molecule has 18 heavy (non-hydrogen) atoms. The van der Waals surface area contributed by atoms with Crippen LogP contribution in [0.1, 0.15) is 39.0 Å². The summed E-state index contributed by atoms with van der Waals surface area (Å²) in [4.78, 5) is 0. The Morgan fingerprint density at radius 1 is 0.944 bits per heavy atom. The van der Waals surface area contributed by atoms with Gasteiger partial charge in [0.1, 0.15) is 0 Å². The molecular formula is C14H33OPSi2. The molecule has 2 atom stereocenters. The lowest BCUT2D eigenvalue weighted by Crippen LogP contribution is -2.42. The summed E-state index contributed by atoms with van der Waals surface area (Å²) in [5, 5.41) is 0. The van der Waals surface area contributed by atoms with E-state index in [0.717, 1.165) is 8.13 Å². The highest BCUT2D eigenvalue weighted by molar-refractivity contribution is 7.81. The van der Waals surface area contributed by atoms with Gasteiger partial charge in [0.25, 0.3) is 0 Å². The van der Waals surface area contributed by atoms with Crippen LogP contribution in [0.25, 0.3) is 0 Å². The largest absolute Gasteiger partial charge is 0.411 e. The molecule has 0 aliphatic heterocycles. The molecule has 1 aliphatic rings. The van der Waals surface area contributed by atoms with Gasteiger partial charge in [0, 0.05) is 0 Å². The normalized spacial score (nSPS) is 23.5. The molecule has 0 aromatic carbocycles. The van der Waals surface area contributed by atoms with Crippen molar-refractivity contribution < 1.29 is 4.43 Å². The smallest absolute Gasteiger partial charge is 0.184 e. The van der Waals surface area contributed by atoms with Crippen LogP contribution in [0, 0.1) is 5.41 Å². The zero-order valence-electron chi connectivity index (χ0n) is 13.5. The van der Waals surface area contributed by atoms with E-state index >= 15 is 0 Å². The Morgan fingerprint density at radius 3 is 1.83 bits per heavy atom. The van der Waals surface area contributed by atoms with Crippen LogP contribution in [0.2, 0.25) is 39.3 Å². The molecule has 0 bridgehead atoms. The van der Waals surface area contributed by atoms with E-state index in [1.165, 1.54) is 32.1 Å². The summed E-state index contributed by atoms with van der Waals surface area (Å²) < 4.78 is 6.64. The zero-order valence-corrected chi connectivity index (χ0v) is 16.5. The Labute approximate surface area is 118 Å². The average Bonchev–Trinajstić information content (AvgIpc) is 2.13. The Bertz CT molecular complexity index is 246. The first-order valence-corrected chi connectivity index (χ1v) is 16.5. The first-order chi connectivity index (χ1) is 8.02. The lowest BCUT2D eigenvalue weighted by Gasteiger charge is -2.45. The molecule has 1 fully saturated rings. The van der Waals surface area contributed by atoms with E-state index in [9.17, 15) is 0 Å². The van der Waals surface area contributed by atoms with Crippen LogP contribution < -0.4 is 0 Å². The van der Waals surface area contributed by atoms with Gasteiger partial charge in [-0.2, -0.15) is 0 Å². The van der Waals surface area contributed by atoms with Gasteiger partial charge in [-0.1, -0.05) is 45.8 Å². The fourth-order valence-electron chi connectivity index (χ4n) is 2.71. The maximum Gasteiger partial charge on any atom is 0.184 e. The topological polar surface area (TPSA) is 9.23 Å². The van der Waals surface area contributed by atoms with Crippen LogP contribution in [-0.2, 0) is 4.43 Å². The van der Waals surface area contributed by atoms with Crippen LogP contribution in [0.15, 0.2) is 0 Å². The first kappa shape index (κ1) is 16.9. The van der Waals surface area contributed by atoms with Crippen molar-refractivity contribution in [2.24, 2.45) is 5.41 Å². The third kappa shape index (κ3) is 5.85. The Morgan fingerprint density at radius 2 is 1.44 bits per heavy atom. The maximum absolute atomic E-state index is 6.64. The molecule has 0 amide bonds. The van der Waals surface area contributed by atoms with Gasteiger partial charge >= 0.3 is 0 Å². The minimum Gasteiger partial charge on any atom is -0.411 e. The van der Waals surface area contributed by atoms with Crippen LogP contribution >= 0.6 is 8.13 Å². The second-order valence-corrected chi connectivity index (χ2v) is 23.4. The molecule has 0 spiro atoms. The van der Waals surface area contributed by atoms with Gasteiger partial charge in [0.15, 0.2) is 8.32 Å². The summed E-state index contributed by atoms with van der Waals surface area (Å²) in [7, 11) is -1.39. The van der Waals surface area contributed by atoms with Gasteiger partial charge in [-0.25, -0.2) is 0 Å². The van der Waals surface area contributed by atoms with Gasteiger partial charge in [-0.3, -0.25) is 0 Å². The van der Waals surface area contributed by atoms with Gasteiger partial charge in [-0.15, -0.1) is 8.13 Å². The first-order valence-electron chi connectivity index (χ1n) is 7.47. The number of hydrogen-bond donors (Lipinski definition) is 0. The van der Waals surface area contributed by atoms with Crippen molar-refractivity contribution >= 4 is 24.2 Å².